The Hall–Kier alpha value is -0.120. The number of nitrogens with zero attached hydrogens (tertiary/aromatic N) is 1. The van der Waals surface area contributed by atoms with Crippen molar-refractivity contribution < 1.29 is 4.74 Å². The van der Waals surface area contributed by atoms with Crippen molar-refractivity contribution in [3.8, 4) is 0 Å². The van der Waals surface area contributed by atoms with E-state index in [0.29, 0.717) is 12.1 Å². The van der Waals surface area contributed by atoms with Gasteiger partial charge in [-0.05, 0) is 39.7 Å². The van der Waals surface area contributed by atoms with Crippen LogP contribution >= 0.6 is 0 Å². The molecule has 0 amide bonds. The van der Waals surface area contributed by atoms with Crippen LogP contribution in [0, 0.1) is 0 Å². The molecule has 3 heteroatoms. The van der Waals surface area contributed by atoms with E-state index < -0.39 is 0 Å². The van der Waals surface area contributed by atoms with E-state index in [2.05, 4.69) is 38.0 Å². The topological polar surface area (TPSA) is 24.5 Å². The highest BCUT2D eigenvalue weighted by molar-refractivity contribution is 4.77. The molecule has 1 fully saturated rings. The van der Waals surface area contributed by atoms with Gasteiger partial charge < -0.3 is 15.0 Å². The first-order chi connectivity index (χ1) is 8.19. The van der Waals surface area contributed by atoms with Gasteiger partial charge in [-0.2, -0.15) is 0 Å². The van der Waals surface area contributed by atoms with Gasteiger partial charge in [-0.15, -0.1) is 0 Å². The largest absolute Gasteiger partial charge is 0.377 e. The van der Waals surface area contributed by atoms with Crippen LogP contribution < -0.4 is 5.32 Å². The fourth-order valence-electron chi connectivity index (χ4n) is 2.69. The van der Waals surface area contributed by atoms with E-state index >= 15 is 0 Å². The molecule has 1 heterocycles. The van der Waals surface area contributed by atoms with Crippen LogP contribution in [-0.2, 0) is 4.74 Å². The first-order valence-electron chi connectivity index (χ1n) is 7.24. The minimum absolute atomic E-state index is 0.438. The molecule has 17 heavy (non-hydrogen) atoms. The Morgan fingerprint density at radius 1 is 1.35 bits per heavy atom. The highest BCUT2D eigenvalue weighted by Gasteiger charge is 2.21. The zero-order valence-electron chi connectivity index (χ0n) is 12.0. The Labute approximate surface area is 107 Å². The van der Waals surface area contributed by atoms with Crippen LogP contribution in [-0.4, -0.2) is 49.8 Å². The third-order valence-electron chi connectivity index (χ3n) is 4.02. The Morgan fingerprint density at radius 3 is 2.59 bits per heavy atom. The number of hydrogen-bond donors (Lipinski definition) is 1. The van der Waals surface area contributed by atoms with Crippen LogP contribution in [0.25, 0.3) is 0 Å². The van der Waals surface area contributed by atoms with E-state index in [0.717, 1.165) is 25.7 Å². The normalized spacial score (nSPS) is 22.6. The summed E-state index contributed by atoms with van der Waals surface area (Å²) in [6.07, 6.45) is 5.37. The van der Waals surface area contributed by atoms with E-state index in [1.165, 1.54) is 25.7 Å². The molecule has 3 nitrogen and oxygen atoms in total. The minimum atomic E-state index is 0.438. The van der Waals surface area contributed by atoms with Crippen molar-refractivity contribution in [3.63, 3.8) is 0 Å². The highest BCUT2D eigenvalue weighted by Crippen LogP contribution is 2.15. The standard InChI is InChI=1S/C14H30N2O/c1-5-13(6-2)16(4)10-9-15-12(3)14-8-7-11-17-14/h12-15H,5-11H2,1-4H3. The van der Waals surface area contributed by atoms with Gasteiger partial charge in [-0.1, -0.05) is 13.8 Å². The zero-order chi connectivity index (χ0) is 12.7. The van der Waals surface area contributed by atoms with Gasteiger partial charge in [0.1, 0.15) is 0 Å². The lowest BCUT2D eigenvalue weighted by molar-refractivity contribution is 0.0823. The van der Waals surface area contributed by atoms with Crippen molar-refractivity contribution in [1.29, 1.82) is 0 Å². The van der Waals surface area contributed by atoms with Gasteiger partial charge in [0, 0.05) is 31.8 Å². The molecule has 102 valence electrons. The Morgan fingerprint density at radius 2 is 2.06 bits per heavy atom. The van der Waals surface area contributed by atoms with Crippen molar-refractivity contribution in [2.75, 3.05) is 26.7 Å². The first kappa shape index (κ1) is 14.9. The molecule has 0 aromatic rings. The molecule has 1 N–H and O–H groups in total. The molecule has 0 radical (unpaired) electrons. The predicted octanol–water partition coefficient (Wildman–Crippen LogP) is 2.26. The van der Waals surface area contributed by atoms with Gasteiger partial charge in [0.25, 0.3) is 0 Å². The average molecular weight is 242 g/mol. The number of likely N-dealkylation sites (N-methyl/N-ethyl adjacent to an activating group) is 1. The molecule has 2 atom stereocenters. The lowest BCUT2D eigenvalue weighted by Crippen LogP contribution is -2.42. The second kappa shape index (κ2) is 8.06. The van der Waals surface area contributed by atoms with Gasteiger partial charge in [-0.3, -0.25) is 0 Å². The van der Waals surface area contributed by atoms with Gasteiger partial charge >= 0.3 is 0 Å². The number of rotatable bonds is 8. The third kappa shape index (κ3) is 4.94. The van der Waals surface area contributed by atoms with Crippen molar-refractivity contribution >= 4 is 0 Å². The second-order valence-corrected chi connectivity index (χ2v) is 5.25. The van der Waals surface area contributed by atoms with Crippen LogP contribution in [0.1, 0.15) is 46.5 Å². The molecule has 0 aromatic heterocycles. The maximum atomic E-state index is 5.69. The van der Waals surface area contributed by atoms with Crippen molar-refractivity contribution in [1.82, 2.24) is 10.2 Å². The third-order valence-corrected chi connectivity index (χ3v) is 4.02. The fraction of sp³-hybridized carbons (Fsp3) is 1.00. The van der Waals surface area contributed by atoms with Crippen molar-refractivity contribution in [2.45, 2.75) is 64.6 Å². The van der Waals surface area contributed by atoms with Gasteiger partial charge in [0.2, 0.25) is 0 Å². The average Bonchev–Trinajstić information content (AvgIpc) is 2.84. The van der Waals surface area contributed by atoms with Crippen LogP contribution in [0.4, 0.5) is 0 Å². The summed E-state index contributed by atoms with van der Waals surface area (Å²) < 4.78 is 5.69. The van der Waals surface area contributed by atoms with Crippen molar-refractivity contribution in [2.24, 2.45) is 0 Å². The maximum absolute atomic E-state index is 5.69. The maximum Gasteiger partial charge on any atom is 0.0726 e. The summed E-state index contributed by atoms with van der Waals surface area (Å²) in [5.41, 5.74) is 0. The van der Waals surface area contributed by atoms with E-state index in [1.54, 1.807) is 0 Å². The van der Waals surface area contributed by atoms with Crippen LogP contribution in [0.2, 0.25) is 0 Å². The quantitative estimate of drug-likeness (QED) is 0.706. The van der Waals surface area contributed by atoms with Crippen LogP contribution in [0.3, 0.4) is 0 Å². The molecular weight excluding hydrogens is 212 g/mol. The lowest BCUT2D eigenvalue weighted by Gasteiger charge is -2.27. The van der Waals surface area contributed by atoms with Crippen molar-refractivity contribution in [3.05, 3.63) is 0 Å². The summed E-state index contributed by atoms with van der Waals surface area (Å²) in [5, 5.41) is 3.59. The SMILES string of the molecule is CCC(CC)N(C)CCNC(C)C1CCCO1. The summed E-state index contributed by atoms with van der Waals surface area (Å²) in [5.74, 6) is 0. The molecule has 1 aliphatic heterocycles. The number of ether oxygens (including phenoxy) is 1. The summed E-state index contributed by atoms with van der Waals surface area (Å²) in [4.78, 5) is 2.47. The first-order valence-corrected chi connectivity index (χ1v) is 7.24. The zero-order valence-corrected chi connectivity index (χ0v) is 12.0. The number of nitrogens with one attached hydrogen (secondary N) is 1. The molecule has 2 unspecified atom stereocenters. The summed E-state index contributed by atoms with van der Waals surface area (Å²) in [7, 11) is 2.23. The summed E-state index contributed by atoms with van der Waals surface area (Å²) >= 11 is 0. The molecular formula is C14H30N2O. The number of hydrogen-bond acceptors (Lipinski definition) is 3. The molecule has 1 saturated heterocycles. The molecule has 0 spiro atoms. The molecule has 0 saturated carbocycles. The predicted molar refractivity (Wildman–Crippen MR) is 73.4 cm³/mol. The second-order valence-electron chi connectivity index (χ2n) is 5.25. The van der Waals surface area contributed by atoms with Gasteiger partial charge in [0.05, 0.1) is 6.10 Å². The molecule has 0 aromatic carbocycles. The molecule has 0 bridgehead atoms. The Balaban J connectivity index is 2.13. The smallest absolute Gasteiger partial charge is 0.0726 e. The van der Waals surface area contributed by atoms with E-state index in [1.807, 2.05) is 0 Å². The van der Waals surface area contributed by atoms with Gasteiger partial charge in [0.15, 0.2) is 0 Å². The molecule has 1 aliphatic rings. The summed E-state index contributed by atoms with van der Waals surface area (Å²) in [6.45, 7) is 9.93. The minimum Gasteiger partial charge on any atom is -0.377 e. The van der Waals surface area contributed by atoms with Crippen LogP contribution in [0.5, 0.6) is 0 Å². The fourth-order valence-corrected chi connectivity index (χ4v) is 2.69. The highest BCUT2D eigenvalue weighted by atomic mass is 16.5. The Kier molecular flexibility index (Phi) is 7.09. The molecule has 1 rings (SSSR count). The summed E-state index contributed by atoms with van der Waals surface area (Å²) in [6, 6.07) is 1.22. The van der Waals surface area contributed by atoms with E-state index in [-0.39, 0.29) is 0 Å². The van der Waals surface area contributed by atoms with E-state index in [9.17, 15) is 0 Å². The molecule has 0 aliphatic carbocycles. The van der Waals surface area contributed by atoms with Crippen LogP contribution in [0.15, 0.2) is 0 Å². The van der Waals surface area contributed by atoms with Gasteiger partial charge in [-0.25, -0.2) is 0 Å². The Bertz CT molecular complexity index is 181. The van der Waals surface area contributed by atoms with E-state index in [4.69, 9.17) is 4.74 Å². The lowest BCUT2D eigenvalue weighted by atomic mass is 10.1. The monoisotopic (exact) mass is 242 g/mol.